The van der Waals surface area contributed by atoms with Crippen LogP contribution in [0.1, 0.15) is 5.69 Å². The molecule has 4 rings (SSSR count). The first-order chi connectivity index (χ1) is 15.2. The Kier molecular flexibility index (Phi) is 6.56. The summed E-state index contributed by atoms with van der Waals surface area (Å²) >= 11 is 0. The third-order valence-corrected chi connectivity index (χ3v) is 4.95. The van der Waals surface area contributed by atoms with Gasteiger partial charge in [-0.05, 0) is 12.1 Å². The molecular weight excluding hydrogens is 396 g/mol. The highest BCUT2D eigenvalue weighted by Gasteiger charge is 2.12. The van der Waals surface area contributed by atoms with Gasteiger partial charge in [0.15, 0.2) is 11.5 Å². The van der Waals surface area contributed by atoms with Crippen molar-refractivity contribution in [1.29, 1.82) is 5.26 Å². The van der Waals surface area contributed by atoms with Crippen LogP contribution in [0.4, 0.5) is 17.3 Å². The van der Waals surface area contributed by atoms with E-state index in [1.165, 1.54) is 12.4 Å². The van der Waals surface area contributed by atoms with Crippen LogP contribution in [0.25, 0.3) is 11.3 Å². The molecule has 3 aromatic rings. The van der Waals surface area contributed by atoms with Gasteiger partial charge in [0, 0.05) is 49.6 Å². The first kappa shape index (κ1) is 20.6. The maximum absolute atomic E-state index is 8.81. The van der Waals surface area contributed by atoms with Gasteiger partial charge in [-0.3, -0.25) is 10.00 Å². The Bertz CT molecular complexity index is 1040. The van der Waals surface area contributed by atoms with Crippen molar-refractivity contribution in [2.75, 3.05) is 57.1 Å². The fraction of sp³-hybridized carbons (Fsp3) is 0.333. The molecule has 1 fully saturated rings. The predicted octanol–water partition coefficient (Wildman–Crippen LogP) is 2.23. The maximum atomic E-state index is 8.81. The maximum Gasteiger partial charge on any atom is 0.158 e. The Morgan fingerprint density at radius 1 is 1.19 bits per heavy atom. The van der Waals surface area contributed by atoms with Gasteiger partial charge in [-0.15, -0.1) is 0 Å². The van der Waals surface area contributed by atoms with E-state index in [1.807, 2.05) is 30.3 Å². The summed E-state index contributed by atoms with van der Waals surface area (Å²) < 4.78 is 11.0. The van der Waals surface area contributed by atoms with Gasteiger partial charge < -0.3 is 20.1 Å². The lowest BCUT2D eigenvalue weighted by molar-refractivity contribution is 0.0398. The highest BCUT2D eigenvalue weighted by molar-refractivity contribution is 5.73. The third kappa shape index (κ3) is 5.28. The first-order valence-electron chi connectivity index (χ1n) is 10.0. The number of morpholine rings is 1. The van der Waals surface area contributed by atoms with Crippen molar-refractivity contribution < 1.29 is 9.47 Å². The van der Waals surface area contributed by atoms with Gasteiger partial charge >= 0.3 is 0 Å². The highest BCUT2D eigenvalue weighted by Crippen LogP contribution is 2.32. The van der Waals surface area contributed by atoms with E-state index in [4.69, 9.17) is 14.7 Å². The lowest BCUT2D eigenvalue weighted by Crippen LogP contribution is -2.38. The minimum Gasteiger partial charge on any atom is -0.496 e. The molecule has 0 radical (unpaired) electrons. The molecule has 2 aromatic heterocycles. The summed E-state index contributed by atoms with van der Waals surface area (Å²) in [6.45, 7) is 5.40. The minimum absolute atomic E-state index is 0.261. The molecule has 0 saturated carbocycles. The van der Waals surface area contributed by atoms with E-state index < -0.39 is 0 Å². The zero-order chi connectivity index (χ0) is 21.5. The number of hydrogen-bond donors (Lipinski definition) is 3. The van der Waals surface area contributed by atoms with Crippen LogP contribution in [0.5, 0.6) is 5.75 Å². The van der Waals surface area contributed by atoms with Crippen LogP contribution in [0.2, 0.25) is 0 Å². The van der Waals surface area contributed by atoms with Crippen LogP contribution in [0.15, 0.2) is 36.7 Å². The lowest BCUT2D eigenvalue weighted by Gasteiger charge is -2.26. The molecule has 0 amide bonds. The number of H-pyrrole nitrogens is 1. The molecule has 0 atom stereocenters. The van der Waals surface area contributed by atoms with Crippen LogP contribution >= 0.6 is 0 Å². The van der Waals surface area contributed by atoms with Gasteiger partial charge in [0.25, 0.3) is 0 Å². The SMILES string of the molecule is COc1cc(NCCN2CCOCC2)ccc1-c1cc(Nc2cnc(C#N)cn2)n[nH]1. The van der Waals surface area contributed by atoms with Crippen LogP contribution < -0.4 is 15.4 Å². The molecule has 10 heteroatoms. The van der Waals surface area contributed by atoms with Crippen LogP contribution in [-0.4, -0.2) is 71.6 Å². The molecule has 0 spiro atoms. The standard InChI is InChI=1S/C21H24N8O2/c1-30-19-10-15(23-4-5-29-6-8-31-9-7-29)2-3-17(19)18-11-20(28-27-18)26-21-14-24-16(12-22)13-25-21/h2-3,10-11,13-14,23H,4-9H2,1H3,(H2,25,26,27,28). The molecule has 3 heterocycles. The average molecular weight is 420 g/mol. The number of methoxy groups -OCH3 is 1. The zero-order valence-electron chi connectivity index (χ0n) is 17.3. The molecular formula is C21H24N8O2. The van der Waals surface area contributed by atoms with Gasteiger partial charge in [0.1, 0.15) is 17.6 Å². The summed E-state index contributed by atoms with van der Waals surface area (Å²) in [7, 11) is 1.65. The van der Waals surface area contributed by atoms with E-state index in [0.29, 0.717) is 11.6 Å². The van der Waals surface area contributed by atoms with E-state index in [-0.39, 0.29) is 5.69 Å². The summed E-state index contributed by atoms with van der Waals surface area (Å²) in [6, 6.07) is 9.81. The van der Waals surface area contributed by atoms with E-state index in [9.17, 15) is 0 Å². The number of aromatic nitrogens is 4. The number of nitrogens with zero attached hydrogens (tertiary/aromatic N) is 5. The normalized spacial score (nSPS) is 14.1. The van der Waals surface area contributed by atoms with Crippen molar-refractivity contribution in [3.05, 3.63) is 42.4 Å². The summed E-state index contributed by atoms with van der Waals surface area (Å²) in [5, 5.41) is 22.6. The van der Waals surface area contributed by atoms with Crippen molar-refractivity contribution in [1.82, 2.24) is 25.1 Å². The Morgan fingerprint density at radius 2 is 2.06 bits per heavy atom. The Hall–Kier alpha value is -3.68. The number of rotatable bonds is 8. The van der Waals surface area contributed by atoms with Crippen LogP contribution in [0.3, 0.4) is 0 Å². The topological polar surface area (TPSA) is 124 Å². The van der Waals surface area contributed by atoms with Gasteiger partial charge in [-0.1, -0.05) is 0 Å². The van der Waals surface area contributed by atoms with E-state index in [2.05, 4.69) is 35.7 Å². The molecule has 1 saturated heterocycles. The second-order valence-electron chi connectivity index (χ2n) is 6.99. The van der Waals surface area contributed by atoms with Gasteiger partial charge in [0.2, 0.25) is 0 Å². The van der Waals surface area contributed by atoms with Crippen molar-refractivity contribution in [3.8, 4) is 23.1 Å². The molecule has 31 heavy (non-hydrogen) atoms. The van der Waals surface area contributed by atoms with Gasteiger partial charge in [-0.25, -0.2) is 9.97 Å². The fourth-order valence-corrected chi connectivity index (χ4v) is 3.31. The smallest absolute Gasteiger partial charge is 0.158 e. The van der Waals surface area contributed by atoms with Crippen molar-refractivity contribution >= 4 is 17.3 Å². The third-order valence-electron chi connectivity index (χ3n) is 4.95. The Morgan fingerprint density at radius 3 is 2.81 bits per heavy atom. The zero-order valence-corrected chi connectivity index (χ0v) is 17.3. The quantitative estimate of drug-likeness (QED) is 0.503. The molecule has 160 valence electrons. The molecule has 1 aromatic carbocycles. The minimum atomic E-state index is 0.261. The van der Waals surface area contributed by atoms with Gasteiger partial charge in [0.05, 0.1) is 38.4 Å². The number of aromatic amines is 1. The molecule has 1 aliphatic rings. The number of anilines is 3. The van der Waals surface area contributed by atoms with Crippen molar-refractivity contribution in [2.45, 2.75) is 0 Å². The second kappa shape index (κ2) is 9.88. The summed E-state index contributed by atoms with van der Waals surface area (Å²) in [5.74, 6) is 1.83. The molecule has 0 bridgehead atoms. The van der Waals surface area contributed by atoms with Crippen LogP contribution in [-0.2, 0) is 4.74 Å². The van der Waals surface area contributed by atoms with Crippen molar-refractivity contribution in [2.24, 2.45) is 0 Å². The van der Waals surface area contributed by atoms with E-state index in [0.717, 1.165) is 62.1 Å². The van der Waals surface area contributed by atoms with Crippen molar-refractivity contribution in [3.63, 3.8) is 0 Å². The Labute approximate surface area is 180 Å². The number of hydrogen-bond acceptors (Lipinski definition) is 9. The van der Waals surface area contributed by atoms with Crippen LogP contribution in [0, 0.1) is 11.3 Å². The highest BCUT2D eigenvalue weighted by atomic mass is 16.5. The molecule has 10 nitrogen and oxygen atoms in total. The molecule has 0 unspecified atom stereocenters. The number of nitriles is 1. The Balaban J connectivity index is 1.40. The van der Waals surface area contributed by atoms with E-state index in [1.54, 1.807) is 7.11 Å². The number of benzene rings is 1. The molecule has 3 N–H and O–H groups in total. The summed E-state index contributed by atoms with van der Waals surface area (Å²) in [5.41, 5.74) is 2.96. The molecule has 1 aliphatic heterocycles. The summed E-state index contributed by atoms with van der Waals surface area (Å²) in [6.07, 6.45) is 2.90. The lowest BCUT2D eigenvalue weighted by atomic mass is 10.1. The monoisotopic (exact) mass is 420 g/mol. The summed E-state index contributed by atoms with van der Waals surface area (Å²) in [4.78, 5) is 10.5. The largest absolute Gasteiger partial charge is 0.496 e. The van der Waals surface area contributed by atoms with Gasteiger partial charge in [-0.2, -0.15) is 10.4 Å². The number of ether oxygens (including phenoxy) is 2. The average Bonchev–Trinajstić information content (AvgIpc) is 3.28. The number of nitrogens with one attached hydrogen (secondary N) is 3. The first-order valence-corrected chi connectivity index (χ1v) is 10.0. The molecule has 0 aliphatic carbocycles. The predicted molar refractivity (Wildman–Crippen MR) is 116 cm³/mol. The fourth-order valence-electron chi connectivity index (χ4n) is 3.31. The second-order valence-corrected chi connectivity index (χ2v) is 6.99. The van der Waals surface area contributed by atoms with E-state index >= 15 is 0 Å².